The minimum Gasteiger partial charge on any atom is -0.315 e. The highest BCUT2D eigenvalue weighted by Gasteiger charge is 2.10. The monoisotopic (exact) mass is 313 g/mol. The van der Waals surface area contributed by atoms with Crippen LogP contribution in [0.2, 0.25) is 0 Å². The number of aromatic nitrogens is 1. The van der Waals surface area contributed by atoms with Crippen LogP contribution in [0, 0.1) is 0 Å². The van der Waals surface area contributed by atoms with Crippen LogP contribution in [-0.4, -0.2) is 35.6 Å². The Hall–Kier alpha value is -0.880. The van der Waals surface area contributed by atoms with Crippen LogP contribution in [0.4, 0.5) is 0 Å². The Morgan fingerprint density at radius 2 is 2.15 bits per heavy atom. The number of hydrogen-bond donors (Lipinski definition) is 1. The number of nitrogens with zero attached hydrogens (tertiary/aromatic N) is 2. The molecule has 0 aliphatic carbocycles. The average Bonchev–Trinajstić information content (AvgIpc) is 2.60. The first-order valence-electron chi connectivity index (χ1n) is 6.75. The summed E-state index contributed by atoms with van der Waals surface area (Å²) in [5.41, 5.74) is 2.34. The van der Waals surface area contributed by atoms with E-state index in [1.54, 1.807) is 4.57 Å². The molecule has 1 aliphatic heterocycles. The van der Waals surface area contributed by atoms with Crippen molar-refractivity contribution in [3.8, 4) is 0 Å². The number of nitrogens with one attached hydrogen (secondary N) is 1. The van der Waals surface area contributed by atoms with Gasteiger partial charge in [0, 0.05) is 26.7 Å². The van der Waals surface area contributed by atoms with Crippen molar-refractivity contribution in [2.45, 2.75) is 13.0 Å². The third-order valence-electron chi connectivity index (χ3n) is 3.70. The standard InChI is InChI=1S/C14H19N3OS.ClH/c1-16-12-4-3-11(9-13(12)19-14(16)18)10-17-7-2-5-15-6-8-17;/h3-4,9,15H,2,5-8,10H2,1H3;1H. The predicted molar refractivity (Wildman–Crippen MR) is 87.1 cm³/mol. The molecule has 1 N–H and O–H groups in total. The summed E-state index contributed by atoms with van der Waals surface area (Å²) in [5, 5.41) is 3.42. The lowest BCUT2D eigenvalue weighted by molar-refractivity contribution is 0.284. The second-order valence-corrected chi connectivity index (χ2v) is 6.10. The Morgan fingerprint density at radius 3 is 3.00 bits per heavy atom. The van der Waals surface area contributed by atoms with Crippen LogP contribution < -0.4 is 10.2 Å². The van der Waals surface area contributed by atoms with Gasteiger partial charge >= 0.3 is 4.87 Å². The van der Waals surface area contributed by atoms with Gasteiger partial charge in [0.15, 0.2) is 0 Å². The molecule has 1 fully saturated rings. The molecular formula is C14H20ClN3OS. The van der Waals surface area contributed by atoms with E-state index >= 15 is 0 Å². The Kier molecular flexibility index (Phi) is 5.21. The minimum atomic E-state index is 0. The molecule has 1 aromatic heterocycles. The summed E-state index contributed by atoms with van der Waals surface area (Å²) >= 11 is 1.34. The van der Waals surface area contributed by atoms with Crippen LogP contribution in [0.5, 0.6) is 0 Å². The smallest absolute Gasteiger partial charge is 0.307 e. The van der Waals surface area contributed by atoms with Crippen molar-refractivity contribution >= 4 is 34.0 Å². The van der Waals surface area contributed by atoms with Crippen molar-refractivity contribution in [1.29, 1.82) is 0 Å². The number of halogens is 1. The normalized spacial score (nSPS) is 16.9. The van der Waals surface area contributed by atoms with E-state index in [0.717, 1.165) is 42.9 Å². The Balaban J connectivity index is 0.00000147. The molecule has 0 unspecified atom stereocenters. The molecular weight excluding hydrogens is 294 g/mol. The van der Waals surface area contributed by atoms with Gasteiger partial charge in [0.2, 0.25) is 0 Å². The van der Waals surface area contributed by atoms with Crippen molar-refractivity contribution in [1.82, 2.24) is 14.8 Å². The van der Waals surface area contributed by atoms with Gasteiger partial charge < -0.3 is 9.88 Å². The van der Waals surface area contributed by atoms with E-state index in [1.165, 1.54) is 23.3 Å². The third-order valence-corrected chi connectivity index (χ3v) is 4.69. The fourth-order valence-corrected chi connectivity index (χ4v) is 3.54. The molecule has 0 bridgehead atoms. The molecule has 0 atom stereocenters. The highest BCUT2D eigenvalue weighted by molar-refractivity contribution is 7.16. The van der Waals surface area contributed by atoms with Gasteiger partial charge in [-0.15, -0.1) is 12.4 Å². The van der Waals surface area contributed by atoms with Crippen LogP contribution in [0.3, 0.4) is 0 Å². The quantitative estimate of drug-likeness (QED) is 0.919. The maximum Gasteiger partial charge on any atom is 0.307 e. The molecule has 0 radical (unpaired) electrons. The number of fused-ring (bicyclic) bond motifs is 1. The van der Waals surface area contributed by atoms with E-state index < -0.39 is 0 Å². The zero-order valence-electron chi connectivity index (χ0n) is 11.6. The number of hydrogen-bond acceptors (Lipinski definition) is 4. The summed E-state index contributed by atoms with van der Waals surface area (Å²) in [6.45, 7) is 5.42. The Bertz CT molecular complexity index is 629. The van der Waals surface area contributed by atoms with Gasteiger partial charge in [0.05, 0.1) is 10.2 Å². The first-order chi connectivity index (χ1) is 9.24. The number of thiazole rings is 1. The van der Waals surface area contributed by atoms with Gasteiger partial charge in [0.1, 0.15) is 0 Å². The first kappa shape index (κ1) is 15.5. The minimum absolute atomic E-state index is 0. The molecule has 1 aromatic carbocycles. The SMILES string of the molecule is Cl.Cn1c(=O)sc2cc(CN3CCCNCC3)ccc21. The molecule has 0 spiro atoms. The molecule has 1 aliphatic rings. The highest BCUT2D eigenvalue weighted by Crippen LogP contribution is 2.19. The summed E-state index contributed by atoms with van der Waals surface area (Å²) in [4.78, 5) is 14.2. The largest absolute Gasteiger partial charge is 0.315 e. The van der Waals surface area contributed by atoms with E-state index in [4.69, 9.17) is 0 Å². The Labute approximate surface area is 128 Å². The molecule has 1 saturated heterocycles. The first-order valence-corrected chi connectivity index (χ1v) is 7.57. The van der Waals surface area contributed by atoms with Gasteiger partial charge in [-0.2, -0.15) is 0 Å². The number of rotatable bonds is 2. The van der Waals surface area contributed by atoms with Crippen molar-refractivity contribution in [3.05, 3.63) is 33.4 Å². The van der Waals surface area contributed by atoms with E-state index in [0.29, 0.717) is 0 Å². The Morgan fingerprint density at radius 1 is 1.30 bits per heavy atom. The zero-order valence-corrected chi connectivity index (χ0v) is 13.2. The second kappa shape index (κ2) is 6.72. The van der Waals surface area contributed by atoms with Gasteiger partial charge in [-0.25, -0.2) is 0 Å². The molecule has 2 aromatic rings. The van der Waals surface area contributed by atoms with Gasteiger partial charge in [-0.1, -0.05) is 17.4 Å². The molecule has 110 valence electrons. The molecule has 4 nitrogen and oxygen atoms in total. The van der Waals surface area contributed by atoms with Crippen LogP contribution in [0.25, 0.3) is 10.2 Å². The van der Waals surface area contributed by atoms with Crippen molar-refractivity contribution in [2.75, 3.05) is 26.2 Å². The topological polar surface area (TPSA) is 37.3 Å². The summed E-state index contributed by atoms with van der Waals surface area (Å²) in [6, 6.07) is 6.38. The van der Waals surface area contributed by atoms with E-state index in [-0.39, 0.29) is 17.3 Å². The van der Waals surface area contributed by atoms with Crippen LogP contribution in [-0.2, 0) is 13.6 Å². The molecule has 3 rings (SSSR count). The second-order valence-electron chi connectivity index (χ2n) is 5.11. The van der Waals surface area contributed by atoms with Crippen LogP contribution >= 0.6 is 23.7 Å². The van der Waals surface area contributed by atoms with E-state index in [9.17, 15) is 4.79 Å². The summed E-state index contributed by atoms with van der Waals surface area (Å²) < 4.78 is 2.82. The van der Waals surface area contributed by atoms with Crippen molar-refractivity contribution < 1.29 is 0 Å². The fourth-order valence-electron chi connectivity index (χ4n) is 2.59. The molecule has 0 saturated carbocycles. The van der Waals surface area contributed by atoms with Gasteiger partial charge in [-0.3, -0.25) is 9.69 Å². The summed E-state index contributed by atoms with van der Waals surface area (Å²) in [6.07, 6.45) is 1.21. The number of benzene rings is 1. The maximum absolute atomic E-state index is 11.6. The summed E-state index contributed by atoms with van der Waals surface area (Å²) in [7, 11) is 1.83. The van der Waals surface area contributed by atoms with Crippen LogP contribution in [0.1, 0.15) is 12.0 Å². The van der Waals surface area contributed by atoms with E-state index in [1.807, 2.05) is 7.05 Å². The third kappa shape index (κ3) is 3.23. The number of aryl methyl sites for hydroxylation is 1. The lowest BCUT2D eigenvalue weighted by Gasteiger charge is -2.19. The maximum atomic E-state index is 11.6. The van der Waals surface area contributed by atoms with Gasteiger partial charge in [0.25, 0.3) is 0 Å². The fraction of sp³-hybridized carbons (Fsp3) is 0.500. The zero-order chi connectivity index (χ0) is 13.2. The lowest BCUT2D eigenvalue weighted by Crippen LogP contribution is -2.27. The highest BCUT2D eigenvalue weighted by atomic mass is 35.5. The predicted octanol–water partition coefficient (Wildman–Crippen LogP) is 1.82. The molecule has 0 amide bonds. The molecule has 2 heterocycles. The lowest BCUT2D eigenvalue weighted by atomic mass is 10.2. The molecule has 20 heavy (non-hydrogen) atoms. The average molecular weight is 314 g/mol. The molecule has 6 heteroatoms. The van der Waals surface area contributed by atoms with E-state index in [2.05, 4.69) is 28.4 Å². The van der Waals surface area contributed by atoms with Crippen molar-refractivity contribution in [2.24, 2.45) is 7.05 Å². The van der Waals surface area contributed by atoms with Crippen LogP contribution in [0.15, 0.2) is 23.0 Å². The van der Waals surface area contributed by atoms with Crippen molar-refractivity contribution in [3.63, 3.8) is 0 Å². The summed E-state index contributed by atoms with van der Waals surface area (Å²) in [5.74, 6) is 0. The van der Waals surface area contributed by atoms with Gasteiger partial charge in [-0.05, 0) is 37.2 Å².